The summed E-state index contributed by atoms with van der Waals surface area (Å²) >= 11 is 1.67. The average Bonchev–Trinajstić information content (AvgIpc) is 3.36. The molecule has 2 aromatic carbocycles. The molecule has 0 amide bonds. The third kappa shape index (κ3) is 4.47. The van der Waals surface area contributed by atoms with Gasteiger partial charge in [-0.3, -0.25) is 9.59 Å². The molecule has 160 valence electrons. The molecule has 1 unspecified atom stereocenters. The standard InChI is InChI=1S/C26H27NO3S/c1-15(2)24-23(31-25(27-24)18-6-4-16(3)5-7-18)13-12-22(28)19-9-8-17-10-11-20(26(29)30)21(17)14-19/h4-9,14-15,20H,10-13H2,1-3H3,(H,29,30). The summed E-state index contributed by atoms with van der Waals surface area (Å²) in [6.45, 7) is 6.33. The van der Waals surface area contributed by atoms with E-state index in [-0.39, 0.29) is 11.7 Å². The SMILES string of the molecule is Cc1ccc(-c2nc(C(C)C)c(CCC(=O)c3ccc4c(c3)C(C(=O)O)CC4)s2)cc1. The number of carboxylic acid groups (broad SMARTS) is 1. The summed E-state index contributed by atoms with van der Waals surface area (Å²) in [6.07, 6.45) is 2.42. The van der Waals surface area contributed by atoms with Gasteiger partial charge in [0, 0.05) is 22.4 Å². The van der Waals surface area contributed by atoms with E-state index >= 15 is 0 Å². The lowest BCUT2D eigenvalue weighted by Crippen LogP contribution is -2.09. The molecule has 5 heteroatoms. The van der Waals surface area contributed by atoms with Crippen molar-refractivity contribution in [2.75, 3.05) is 0 Å². The number of carbonyl (C=O) groups excluding carboxylic acids is 1. The zero-order valence-electron chi connectivity index (χ0n) is 18.1. The van der Waals surface area contributed by atoms with Gasteiger partial charge in [0.05, 0.1) is 11.6 Å². The molecule has 1 aliphatic carbocycles. The minimum Gasteiger partial charge on any atom is -0.481 e. The molecule has 1 N–H and O–H groups in total. The molecule has 31 heavy (non-hydrogen) atoms. The van der Waals surface area contributed by atoms with Crippen LogP contribution in [-0.4, -0.2) is 21.8 Å². The summed E-state index contributed by atoms with van der Waals surface area (Å²) in [5, 5.41) is 10.4. The van der Waals surface area contributed by atoms with Gasteiger partial charge in [-0.1, -0.05) is 55.8 Å². The van der Waals surface area contributed by atoms with E-state index in [1.165, 1.54) is 5.56 Å². The second-order valence-corrected chi connectivity index (χ2v) is 9.70. The Morgan fingerprint density at radius 1 is 1.16 bits per heavy atom. The van der Waals surface area contributed by atoms with Gasteiger partial charge in [-0.15, -0.1) is 11.3 Å². The van der Waals surface area contributed by atoms with E-state index in [2.05, 4.69) is 45.0 Å². The second kappa shape index (κ2) is 8.75. The van der Waals surface area contributed by atoms with Crippen molar-refractivity contribution in [3.05, 3.63) is 75.3 Å². The summed E-state index contributed by atoms with van der Waals surface area (Å²) < 4.78 is 0. The van der Waals surface area contributed by atoms with Crippen LogP contribution < -0.4 is 0 Å². The third-order valence-electron chi connectivity index (χ3n) is 6.00. The first-order valence-electron chi connectivity index (χ1n) is 10.8. The minimum atomic E-state index is -0.807. The number of hydrogen-bond donors (Lipinski definition) is 1. The van der Waals surface area contributed by atoms with Gasteiger partial charge in [0.25, 0.3) is 0 Å². The van der Waals surface area contributed by atoms with E-state index in [1.54, 1.807) is 17.4 Å². The molecule has 4 rings (SSSR count). The lowest BCUT2D eigenvalue weighted by Gasteiger charge is -2.09. The highest BCUT2D eigenvalue weighted by Crippen LogP contribution is 2.35. The van der Waals surface area contributed by atoms with Crippen molar-refractivity contribution in [2.45, 2.75) is 58.3 Å². The van der Waals surface area contributed by atoms with Gasteiger partial charge in [0.2, 0.25) is 0 Å². The van der Waals surface area contributed by atoms with Crippen LogP contribution in [0.5, 0.6) is 0 Å². The number of carboxylic acids is 1. The first kappa shape index (κ1) is 21.4. The van der Waals surface area contributed by atoms with E-state index in [4.69, 9.17) is 4.98 Å². The number of fused-ring (bicyclic) bond motifs is 1. The Morgan fingerprint density at radius 3 is 2.58 bits per heavy atom. The minimum absolute atomic E-state index is 0.0545. The van der Waals surface area contributed by atoms with Gasteiger partial charge in [-0.05, 0) is 49.3 Å². The van der Waals surface area contributed by atoms with Crippen LogP contribution in [-0.2, 0) is 17.6 Å². The normalized spacial score (nSPS) is 15.3. The Morgan fingerprint density at radius 2 is 1.90 bits per heavy atom. The Bertz CT molecular complexity index is 1130. The molecular formula is C26H27NO3S. The van der Waals surface area contributed by atoms with E-state index in [0.717, 1.165) is 38.7 Å². The molecule has 1 heterocycles. The predicted octanol–water partition coefficient (Wildman–Crippen LogP) is 6.17. The van der Waals surface area contributed by atoms with Gasteiger partial charge < -0.3 is 5.11 Å². The highest BCUT2D eigenvalue weighted by Gasteiger charge is 2.29. The van der Waals surface area contributed by atoms with Gasteiger partial charge in [-0.25, -0.2) is 4.98 Å². The first-order chi connectivity index (χ1) is 14.8. The lowest BCUT2D eigenvalue weighted by molar-refractivity contribution is -0.138. The van der Waals surface area contributed by atoms with Crippen LogP contribution in [0.3, 0.4) is 0 Å². The third-order valence-corrected chi connectivity index (χ3v) is 7.18. The largest absolute Gasteiger partial charge is 0.481 e. The molecule has 0 saturated heterocycles. The van der Waals surface area contributed by atoms with Crippen LogP contribution in [0.25, 0.3) is 10.6 Å². The maximum absolute atomic E-state index is 12.9. The monoisotopic (exact) mass is 433 g/mol. The van der Waals surface area contributed by atoms with Gasteiger partial charge in [-0.2, -0.15) is 0 Å². The van der Waals surface area contributed by atoms with Crippen LogP contribution in [0, 0.1) is 6.92 Å². The summed E-state index contributed by atoms with van der Waals surface area (Å²) in [5.41, 5.74) is 5.86. The summed E-state index contributed by atoms with van der Waals surface area (Å²) in [4.78, 5) is 30.5. The zero-order valence-corrected chi connectivity index (χ0v) is 19.0. The topological polar surface area (TPSA) is 67.3 Å². The van der Waals surface area contributed by atoms with Crippen molar-refractivity contribution in [1.29, 1.82) is 0 Å². The zero-order chi connectivity index (χ0) is 22.1. The highest BCUT2D eigenvalue weighted by molar-refractivity contribution is 7.15. The number of thiazole rings is 1. The first-order valence-corrected chi connectivity index (χ1v) is 11.6. The summed E-state index contributed by atoms with van der Waals surface area (Å²) in [7, 11) is 0. The van der Waals surface area contributed by atoms with E-state index < -0.39 is 11.9 Å². The number of hydrogen-bond acceptors (Lipinski definition) is 4. The van der Waals surface area contributed by atoms with Gasteiger partial charge in [0.15, 0.2) is 5.78 Å². The number of benzene rings is 2. The Hall–Kier alpha value is -2.79. The molecule has 0 saturated carbocycles. The highest BCUT2D eigenvalue weighted by atomic mass is 32.1. The van der Waals surface area contributed by atoms with Crippen LogP contribution in [0.15, 0.2) is 42.5 Å². The second-order valence-electron chi connectivity index (χ2n) is 8.61. The summed E-state index contributed by atoms with van der Waals surface area (Å²) in [5.74, 6) is -0.956. The molecule has 1 aromatic heterocycles. The number of aryl methyl sites for hydroxylation is 3. The van der Waals surface area contributed by atoms with Crippen molar-refractivity contribution in [3.8, 4) is 10.6 Å². The van der Waals surface area contributed by atoms with Crippen LogP contribution in [0.4, 0.5) is 0 Å². The fourth-order valence-electron chi connectivity index (χ4n) is 4.22. The number of carbonyl (C=O) groups is 2. The maximum atomic E-state index is 12.9. The lowest BCUT2D eigenvalue weighted by atomic mass is 9.96. The van der Waals surface area contributed by atoms with E-state index in [9.17, 15) is 14.7 Å². The average molecular weight is 434 g/mol. The Labute approximate surface area is 187 Å². The number of aliphatic carboxylic acids is 1. The quantitative estimate of drug-likeness (QED) is 0.452. The number of ketones is 1. The maximum Gasteiger partial charge on any atom is 0.310 e. The van der Waals surface area contributed by atoms with E-state index in [0.29, 0.717) is 24.8 Å². The molecule has 1 atom stereocenters. The fraction of sp³-hybridized carbons (Fsp3) is 0.346. The summed E-state index contributed by atoms with van der Waals surface area (Å²) in [6, 6.07) is 13.9. The van der Waals surface area contributed by atoms with Crippen molar-refractivity contribution in [2.24, 2.45) is 0 Å². The van der Waals surface area contributed by atoms with Crippen molar-refractivity contribution in [3.63, 3.8) is 0 Å². The van der Waals surface area contributed by atoms with Crippen LogP contribution >= 0.6 is 11.3 Å². The van der Waals surface area contributed by atoms with Crippen LogP contribution in [0.1, 0.15) is 76.1 Å². The fourth-order valence-corrected chi connectivity index (χ4v) is 5.44. The molecule has 3 aromatic rings. The smallest absolute Gasteiger partial charge is 0.310 e. The molecule has 0 bridgehead atoms. The van der Waals surface area contributed by atoms with E-state index in [1.807, 2.05) is 12.1 Å². The molecule has 1 aliphatic rings. The number of aromatic nitrogens is 1. The van der Waals surface area contributed by atoms with Crippen molar-refractivity contribution in [1.82, 2.24) is 4.98 Å². The van der Waals surface area contributed by atoms with Crippen LogP contribution in [0.2, 0.25) is 0 Å². The number of nitrogens with zero attached hydrogens (tertiary/aromatic N) is 1. The number of rotatable bonds is 7. The van der Waals surface area contributed by atoms with Gasteiger partial charge >= 0.3 is 5.97 Å². The molecule has 0 radical (unpaired) electrons. The van der Waals surface area contributed by atoms with Gasteiger partial charge in [0.1, 0.15) is 5.01 Å². The molecule has 4 nitrogen and oxygen atoms in total. The molecular weight excluding hydrogens is 406 g/mol. The molecule has 0 fully saturated rings. The van der Waals surface area contributed by atoms with Crippen molar-refractivity contribution < 1.29 is 14.7 Å². The predicted molar refractivity (Wildman–Crippen MR) is 124 cm³/mol. The molecule has 0 spiro atoms. The Balaban J connectivity index is 1.53. The number of Topliss-reactive ketones (excluding diaryl/α,β-unsaturated/α-hetero) is 1. The Kier molecular flexibility index (Phi) is 6.05. The molecule has 0 aliphatic heterocycles. The van der Waals surface area contributed by atoms with Crippen molar-refractivity contribution >= 4 is 23.1 Å².